The van der Waals surface area contributed by atoms with Gasteiger partial charge in [-0.25, -0.2) is 8.78 Å². The molecular weight excluding hydrogens is 270 g/mol. The smallest absolute Gasteiger partial charge is 0.150 e. The fraction of sp³-hybridized carbons (Fsp3) is 0.588. The van der Waals surface area contributed by atoms with Crippen LogP contribution in [0.25, 0.3) is 0 Å². The molecule has 0 saturated heterocycles. The van der Waals surface area contributed by atoms with Crippen LogP contribution < -0.4 is 5.32 Å². The van der Waals surface area contributed by atoms with Crippen LogP contribution in [0.15, 0.2) is 12.1 Å². The Morgan fingerprint density at radius 2 is 1.81 bits per heavy atom. The molecule has 1 N–H and O–H groups in total. The summed E-state index contributed by atoms with van der Waals surface area (Å²) in [5.41, 5.74) is 0.0401. The van der Waals surface area contributed by atoms with E-state index in [0.717, 1.165) is 31.4 Å². The van der Waals surface area contributed by atoms with Crippen LogP contribution >= 0.6 is 0 Å². The molecule has 0 heterocycles. The molecule has 1 fully saturated rings. The second kappa shape index (κ2) is 6.43. The minimum atomic E-state index is -0.691. The predicted molar refractivity (Wildman–Crippen MR) is 79.9 cm³/mol. The van der Waals surface area contributed by atoms with Crippen LogP contribution in [0.4, 0.5) is 14.5 Å². The van der Waals surface area contributed by atoms with Gasteiger partial charge in [-0.05, 0) is 42.7 Å². The minimum absolute atomic E-state index is 0.00769. The molecule has 1 aromatic rings. The summed E-state index contributed by atoms with van der Waals surface area (Å²) in [6.07, 6.45) is 5.66. The monoisotopic (exact) mass is 292 g/mol. The molecule has 2 rings (SSSR count). The van der Waals surface area contributed by atoms with Crippen molar-refractivity contribution in [2.75, 3.05) is 11.9 Å². The molecular formula is C17H22F2N2. The first-order valence-corrected chi connectivity index (χ1v) is 7.59. The lowest BCUT2D eigenvalue weighted by molar-refractivity contribution is 0.252. The molecule has 0 atom stereocenters. The Morgan fingerprint density at radius 1 is 1.24 bits per heavy atom. The first kappa shape index (κ1) is 15.8. The number of benzene rings is 1. The average Bonchev–Trinajstić information content (AvgIpc) is 2.85. The molecule has 2 nitrogen and oxygen atoms in total. The Balaban J connectivity index is 2.13. The van der Waals surface area contributed by atoms with Crippen molar-refractivity contribution in [3.05, 3.63) is 29.3 Å². The fourth-order valence-corrected chi connectivity index (χ4v) is 3.53. The van der Waals surface area contributed by atoms with Gasteiger partial charge in [0.1, 0.15) is 5.69 Å². The SMILES string of the molecule is CC(C)CC1(CNc2c(F)cc(C#N)cc2F)CCCC1. The lowest BCUT2D eigenvalue weighted by Crippen LogP contribution is -2.29. The summed E-state index contributed by atoms with van der Waals surface area (Å²) in [5.74, 6) is -0.811. The van der Waals surface area contributed by atoms with E-state index in [2.05, 4.69) is 19.2 Å². The summed E-state index contributed by atoms with van der Waals surface area (Å²) in [4.78, 5) is 0. The van der Waals surface area contributed by atoms with Gasteiger partial charge in [0.2, 0.25) is 0 Å². The third-order valence-corrected chi connectivity index (χ3v) is 4.32. The van der Waals surface area contributed by atoms with Crippen molar-refractivity contribution in [1.82, 2.24) is 0 Å². The topological polar surface area (TPSA) is 35.8 Å². The van der Waals surface area contributed by atoms with Crippen molar-refractivity contribution in [1.29, 1.82) is 5.26 Å². The molecule has 0 bridgehead atoms. The van der Waals surface area contributed by atoms with Crippen LogP contribution in [0, 0.1) is 34.3 Å². The highest BCUT2D eigenvalue weighted by atomic mass is 19.1. The van der Waals surface area contributed by atoms with Gasteiger partial charge in [-0.2, -0.15) is 5.26 Å². The molecule has 0 spiro atoms. The number of nitriles is 1. The van der Waals surface area contributed by atoms with E-state index in [1.165, 1.54) is 12.8 Å². The molecule has 1 aliphatic carbocycles. The summed E-state index contributed by atoms with van der Waals surface area (Å²) in [5, 5.41) is 11.7. The summed E-state index contributed by atoms with van der Waals surface area (Å²) in [6, 6.07) is 3.92. The highest BCUT2D eigenvalue weighted by Crippen LogP contribution is 2.43. The van der Waals surface area contributed by atoms with E-state index in [1.807, 2.05) is 0 Å². The maximum Gasteiger partial charge on any atom is 0.150 e. The van der Waals surface area contributed by atoms with Gasteiger partial charge in [-0.3, -0.25) is 0 Å². The molecule has 0 amide bonds. The van der Waals surface area contributed by atoms with E-state index in [-0.39, 0.29) is 16.7 Å². The van der Waals surface area contributed by atoms with Crippen molar-refractivity contribution >= 4 is 5.69 Å². The number of hydrogen-bond donors (Lipinski definition) is 1. The second-order valence-corrected chi connectivity index (χ2v) is 6.59. The maximum absolute atomic E-state index is 13.9. The van der Waals surface area contributed by atoms with Crippen LogP contribution in [0.5, 0.6) is 0 Å². The van der Waals surface area contributed by atoms with Gasteiger partial charge in [-0.1, -0.05) is 26.7 Å². The largest absolute Gasteiger partial charge is 0.380 e. The van der Waals surface area contributed by atoms with Crippen LogP contribution in [0.3, 0.4) is 0 Å². The minimum Gasteiger partial charge on any atom is -0.380 e. The van der Waals surface area contributed by atoms with E-state index in [0.29, 0.717) is 12.5 Å². The molecule has 21 heavy (non-hydrogen) atoms. The van der Waals surface area contributed by atoms with E-state index in [4.69, 9.17) is 5.26 Å². The van der Waals surface area contributed by atoms with E-state index >= 15 is 0 Å². The van der Waals surface area contributed by atoms with Gasteiger partial charge in [0.15, 0.2) is 11.6 Å². The van der Waals surface area contributed by atoms with Gasteiger partial charge in [0, 0.05) is 6.54 Å². The molecule has 0 aromatic heterocycles. The molecule has 4 heteroatoms. The van der Waals surface area contributed by atoms with Gasteiger partial charge < -0.3 is 5.32 Å². The average molecular weight is 292 g/mol. The number of rotatable bonds is 5. The number of halogens is 2. The zero-order valence-electron chi connectivity index (χ0n) is 12.7. The maximum atomic E-state index is 13.9. The Morgan fingerprint density at radius 3 is 2.29 bits per heavy atom. The third kappa shape index (κ3) is 3.72. The molecule has 0 unspecified atom stereocenters. The van der Waals surface area contributed by atoms with Crippen molar-refractivity contribution in [3.63, 3.8) is 0 Å². The third-order valence-electron chi connectivity index (χ3n) is 4.32. The molecule has 1 aromatic carbocycles. The highest BCUT2D eigenvalue weighted by molar-refractivity contribution is 5.50. The zero-order chi connectivity index (χ0) is 15.5. The summed E-state index contributed by atoms with van der Waals surface area (Å²) in [6.45, 7) is 4.96. The van der Waals surface area contributed by atoms with Gasteiger partial charge in [0.25, 0.3) is 0 Å². The van der Waals surface area contributed by atoms with Gasteiger partial charge >= 0.3 is 0 Å². The van der Waals surface area contributed by atoms with Crippen molar-refractivity contribution in [3.8, 4) is 6.07 Å². The summed E-state index contributed by atoms with van der Waals surface area (Å²) >= 11 is 0. The van der Waals surface area contributed by atoms with E-state index in [9.17, 15) is 8.78 Å². The van der Waals surface area contributed by atoms with Crippen molar-refractivity contribution < 1.29 is 8.78 Å². The Hall–Kier alpha value is -1.63. The highest BCUT2D eigenvalue weighted by Gasteiger charge is 2.34. The molecule has 0 radical (unpaired) electrons. The first-order valence-electron chi connectivity index (χ1n) is 7.59. The second-order valence-electron chi connectivity index (χ2n) is 6.59. The summed E-state index contributed by atoms with van der Waals surface area (Å²) < 4.78 is 27.8. The predicted octanol–water partition coefficient (Wildman–Crippen LogP) is 4.85. The number of hydrogen-bond acceptors (Lipinski definition) is 2. The quantitative estimate of drug-likeness (QED) is 0.841. The van der Waals surface area contributed by atoms with Crippen molar-refractivity contribution in [2.45, 2.75) is 46.0 Å². The van der Waals surface area contributed by atoms with Gasteiger partial charge in [-0.15, -0.1) is 0 Å². The fourth-order valence-electron chi connectivity index (χ4n) is 3.53. The standard InChI is InChI=1S/C17H22F2N2/c1-12(2)9-17(5-3-4-6-17)11-21-16-14(18)7-13(10-20)8-15(16)19/h7-8,12,21H,3-6,9,11H2,1-2H3. The first-order chi connectivity index (χ1) is 9.96. The molecule has 1 saturated carbocycles. The van der Waals surface area contributed by atoms with Gasteiger partial charge in [0.05, 0.1) is 11.6 Å². The molecule has 1 aliphatic rings. The number of nitrogens with one attached hydrogen (secondary N) is 1. The lowest BCUT2D eigenvalue weighted by atomic mass is 9.78. The van der Waals surface area contributed by atoms with E-state index < -0.39 is 11.6 Å². The Kier molecular flexibility index (Phi) is 4.82. The lowest BCUT2D eigenvalue weighted by Gasteiger charge is -2.31. The zero-order valence-corrected chi connectivity index (χ0v) is 12.7. The van der Waals surface area contributed by atoms with Crippen LogP contribution in [-0.2, 0) is 0 Å². The Bertz CT molecular complexity index is 517. The Labute approximate surface area is 125 Å². The van der Waals surface area contributed by atoms with E-state index in [1.54, 1.807) is 6.07 Å². The van der Waals surface area contributed by atoms with Crippen LogP contribution in [0.2, 0.25) is 0 Å². The number of nitrogens with zero attached hydrogens (tertiary/aromatic N) is 1. The molecule has 0 aliphatic heterocycles. The van der Waals surface area contributed by atoms with Crippen LogP contribution in [-0.4, -0.2) is 6.54 Å². The normalized spacial score (nSPS) is 17.0. The summed E-state index contributed by atoms with van der Waals surface area (Å²) in [7, 11) is 0. The molecule has 114 valence electrons. The van der Waals surface area contributed by atoms with Crippen molar-refractivity contribution in [2.24, 2.45) is 11.3 Å². The number of anilines is 1. The van der Waals surface area contributed by atoms with Crippen LogP contribution in [0.1, 0.15) is 51.5 Å².